The highest BCUT2D eigenvalue weighted by Crippen LogP contribution is 2.34. The van der Waals surface area contributed by atoms with Gasteiger partial charge in [0.15, 0.2) is 0 Å². The zero-order chi connectivity index (χ0) is 33.0. The molecule has 0 aliphatic carbocycles. The summed E-state index contributed by atoms with van der Waals surface area (Å²) >= 11 is 0. The Kier molecular flexibility index (Phi) is 12.4. The van der Waals surface area contributed by atoms with Gasteiger partial charge in [-0.3, -0.25) is 9.00 Å². The molecule has 1 N–H and O–H groups in total. The summed E-state index contributed by atoms with van der Waals surface area (Å²) in [4.78, 5) is 16.8. The van der Waals surface area contributed by atoms with Gasteiger partial charge in [0.1, 0.15) is 12.4 Å². The third-order valence-corrected chi connectivity index (χ3v) is 9.46. The van der Waals surface area contributed by atoms with Gasteiger partial charge in [-0.1, -0.05) is 75.7 Å². The first kappa shape index (κ1) is 34.1. The Bertz CT molecular complexity index is 1650. The molecule has 0 fully saturated rings. The fraction of sp³-hybridized carbons (Fsp3) is 0.325. The average molecular weight is 651 g/mol. The van der Waals surface area contributed by atoms with Gasteiger partial charge >= 0.3 is 0 Å². The number of ether oxygens (including phenoxy) is 2. The van der Waals surface area contributed by atoms with E-state index in [1.54, 1.807) is 0 Å². The van der Waals surface area contributed by atoms with Crippen LogP contribution in [0.3, 0.4) is 0 Å². The summed E-state index contributed by atoms with van der Waals surface area (Å²) < 4.78 is 24.2. The highest BCUT2D eigenvalue weighted by molar-refractivity contribution is 7.84. The molecule has 4 aromatic carbocycles. The van der Waals surface area contributed by atoms with Crippen LogP contribution in [0.1, 0.15) is 51.2 Å². The highest BCUT2D eigenvalue weighted by atomic mass is 32.2. The van der Waals surface area contributed by atoms with E-state index in [0.29, 0.717) is 31.3 Å². The quantitative estimate of drug-likeness (QED) is 0.130. The first-order valence-corrected chi connectivity index (χ1v) is 18.0. The number of rotatable bonds is 15. The van der Waals surface area contributed by atoms with E-state index in [0.717, 1.165) is 82.4 Å². The maximum atomic E-state index is 13.6. The SMILES string of the molecule is CCCCOCCOc1ccc(-c2ccc3c(c2)C=C(C(=O)Nc2ccc(CS(=O)c4ccccc4)cc2)CCN3CC(C)C)cc1. The van der Waals surface area contributed by atoms with Crippen LogP contribution in [0.2, 0.25) is 0 Å². The van der Waals surface area contributed by atoms with Crippen molar-refractivity contribution in [2.24, 2.45) is 5.92 Å². The Labute approximate surface area is 282 Å². The predicted molar refractivity (Wildman–Crippen MR) is 194 cm³/mol. The van der Waals surface area contributed by atoms with E-state index < -0.39 is 10.8 Å². The van der Waals surface area contributed by atoms with Crippen molar-refractivity contribution in [3.05, 3.63) is 114 Å². The summed E-state index contributed by atoms with van der Waals surface area (Å²) in [7, 11) is -1.12. The van der Waals surface area contributed by atoms with E-state index >= 15 is 0 Å². The molecule has 1 heterocycles. The van der Waals surface area contributed by atoms with E-state index in [1.165, 1.54) is 0 Å². The monoisotopic (exact) mass is 650 g/mol. The number of carbonyl (C=O) groups excluding carboxylic acids is 1. The van der Waals surface area contributed by atoms with Crippen LogP contribution in [-0.4, -0.2) is 43.0 Å². The third kappa shape index (κ3) is 9.90. The minimum Gasteiger partial charge on any atom is -0.491 e. The van der Waals surface area contributed by atoms with Crippen LogP contribution in [0.15, 0.2) is 108 Å². The lowest BCUT2D eigenvalue weighted by atomic mass is 10.00. The number of fused-ring (bicyclic) bond motifs is 1. The van der Waals surface area contributed by atoms with Gasteiger partial charge in [0, 0.05) is 41.5 Å². The Balaban J connectivity index is 1.28. The number of anilines is 2. The first-order chi connectivity index (χ1) is 22.9. The van der Waals surface area contributed by atoms with Crippen LogP contribution in [0, 0.1) is 5.92 Å². The molecule has 1 atom stereocenters. The molecule has 7 heteroatoms. The van der Waals surface area contributed by atoms with Crippen molar-refractivity contribution in [1.82, 2.24) is 0 Å². The lowest BCUT2D eigenvalue weighted by Gasteiger charge is -2.27. The van der Waals surface area contributed by atoms with Gasteiger partial charge in [0.2, 0.25) is 0 Å². The van der Waals surface area contributed by atoms with E-state index in [4.69, 9.17) is 9.47 Å². The second-order valence-electron chi connectivity index (χ2n) is 12.3. The maximum absolute atomic E-state index is 13.6. The maximum Gasteiger partial charge on any atom is 0.251 e. The topological polar surface area (TPSA) is 67.9 Å². The summed E-state index contributed by atoms with van der Waals surface area (Å²) in [6.07, 6.45) is 4.88. The Morgan fingerprint density at radius 3 is 2.36 bits per heavy atom. The fourth-order valence-electron chi connectivity index (χ4n) is 5.60. The molecule has 6 nitrogen and oxygen atoms in total. The molecule has 47 heavy (non-hydrogen) atoms. The smallest absolute Gasteiger partial charge is 0.251 e. The average Bonchev–Trinajstić information content (AvgIpc) is 3.26. The number of carbonyl (C=O) groups is 1. The van der Waals surface area contributed by atoms with Gasteiger partial charge in [-0.05, 0) is 95.6 Å². The number of nitrogens with zero attached hydrogens (tertiary/aromatic N) is 1. The minimum absolute atomic E-state index is 0.103. The third-order valence-electron chi connectivity index (χ3n) is 8.07. The molecule has 0 radical (unpaired) electrons. The van der Waals surface area contributed by atoms with E-state index in [-0.39, 0.29) is 5.91 Å². The largest absolute Gasteiger partial charge is 0.491 e. The summed E-state index contributed by atoms with van der Waals surface area (Å²) in [6, 6.07) is 31.8. The molecule has 0 saturated carbocycles. The normalized spacial score (nSPS) is 13.4. The Morgan fingerprint density at radius 1 is 0.894 bits per heavy atom. The second kappa shape index (κ2) is 17.1. The van der Waals surface area contributed by atoms with Gasteiger partial charge < -0.3 is 19.7 Å². The van der Waals surface area contributed by atoms with Crippen LogP contribution in [0.25, 0.3) is 17.2 Å². The zero-order valence-electron chi connectivity index (χ0n) is 27.7. The first-order valence-electron chi connectivity index (χ1n) is 16.6. The highest BCUT2D eigenvalue weighted by Gasteiger charge is 2.21. The molecular formula is C40H46N2O4S. The molecule has 0 saturated heterocycles. The summed E-state index contributed by atoms with van der Waals surface area (Å²) in [5.41, 5.74) is 6.78. The lowest BCUT2D eigenvalue weighted by Crippen LogP contribution is -2.29. The summed E-state index contributed by atoms with van der Waals surface area (Å²) in [5, 5.41) is 3.10. The number of benzene rings is 4. The molecular weight excluding hydrogens is 605 g/mol. The second-order valence-corrected chi connectivity index (χ2v) is 13.8. The van der Waals surface area contributed by atoms with Gasteiger partial charge in [-0.25, -0.2) is 0 Å². The lowest BCUT2D eigenvalue weighted by molar-refractivity contribution is -0.112. The molecule has 1 unspecified atom stereocenters. The molecule has 0 bridgehead atoms. The predicted octanol–water partition coefficient (Wildman–Crippen LogP) is 8.75. The van der Waals surface area contributed by atoms with Crippen LogP contribution in [-0.2, 0) is 26.1 Å². The number of nitrogens with one attached hydrogen (secondary N) is 1. The van der Waals surface area contributed by atoms with Crippen molar-refractivity contribution < 1.29 is 18.5 Å². The van der Waals surface area contributed by atoms with E-state index in [9.17, 15) is 9.00 Å². The Hall–Kier alpha value is -4.20. The van der Waals surface area contributed by atoms with Crippen LogP contribution < -0.4 is 15.0 Å². The number of amides is 1. The standard InChI is InChI=1S/C40H46N2O4S/c1-4-5-23-45-24-25-46-37-18-13-32(14-19-37)33-15-20-39-35(26-33)27-34(21-22-42(39)28-30(2)3)40(43)41-36-16-11-31(12-17-36)29-47(44)38-9-7-6-8-10-38/h6-20,26-27,30H,4-5,21-25,28-29H2,1-3H3,(H,41,43). The Morgan fingerprint density at radius 2 is 1.64 bits per heavy atom. The summed E-state index contributed by atoms with van der Waals surface area (Å²) in [5.74, 6) is 1.63. The molecule has 1 aliphatic rings. The molecule has 246 valence electrons. The number of hydrogen-bond donors (Lipinski definition) is 1. The van der Waals surface area contributed by atoms with Crippen LogP contribution in [0.4, 0.5) is 11.4 Å². The van der Waals surface area contributed by atoms with E-state index in [2.05, 4.69) is 61.3 Å². The minimum atomic E-state index is -1.12. The van der Waals surface area contributed by atoms with Gasteiger partial charge in [0.25, 0.3) is 5.91 Å². The van der Waals surface area contributed by atoms with E-state index in [1.807, 2.05) is 72.8 Å². The summed E-state index contributed by atoms with van der Waals surface area (Å²) in [6.45, 7) is 10.2. The molecule has 5 rings (SSSR count). The molecule has 1 aliphatic heterocycles. The van der Waals surface area contributed by atoms with Crippen molar-refractivity contribution in [2.45, 2.75) is 50.7 Å². The van der Waals surface area contributed by atoms with Crippen LogP contribution >= 0.6 is 0 Å². The van der Waals surface area contributed by atoms with Gasteiger partial charge in [-0.2, -0.15) is 0 Å². The van der Waals surface area contributed by atoms with Crippen molar-refractivity contribution in [3.8, 4) is 16.9 Å². The van der Waals surface area contributed by atoms with Crippen molar-refractivity contribution in [1.29, 1.82) is 0 Å². The van der Waals surface area contributed by atoms with Gasteiger partial charge in [0.05, 0.1) is 23.2 Å². The van der Waals surface area contributed by atoms with Crippen molar-refractivity contribution in [2.75, 3.05) is 43.1 Å². The van der Waals surface area contributed by atoms with Crippen molar-refractivity contribution >= 4 is 34.2 Å². The molecule has 4 aromatic rings. The fourth-order valence-corrected chi connectivity index (χ4v) is 6.72. The van der Waals surface area contributed by atoms with Gasteiger partial charge in [-0.15, -0.1) is 0 Å². The molecule has 1 amide bonds. The zero-order valence-corrected chi connectivity index (χ0v) is 28.6. The molecule has 0 spiro atoms. The number of hydrogen-bond acceptors (Lipinski definition) is 5. The van der Waals surface area contributed by atoms with Crippen LogP contribution in [0.5, 0.6) is 5.75 Å². The van der Waals surface area contributed by atoms with Crippen molar-refractivity contribution in [3.63, 3.8) is 0 Å². The number of unbranched alkanes of at least 4 members (excludes halogenated alkanes) is 1. The molecule has 0 aromatic heterocycles.